The van der Waals surface area contributed by atoms with Gasteiger partial charge in [0.1, 0.15) is 30.2 Å². The summed E-state index contributed by atoms with van der Waals surface area (Å²) in [6, 6.07) is -6.53. The minimum Gasteiger partial charge on any atom is -0.481 e. The standard InChI is InChI=1S/C25H41N9O10/c1-12(30-13(2)35)21(41)32-15(7-8-18(36)37)22(42)33-16(11-19(38)39)24(44)34-10-4-6-17(34)23(43)31-14(20(26)40)5-3-9-29-25(27)28/h12,14-17H,3-11H2,1-2H3,(H2,26,40)(H,30,35)(H,31,43)(H,32,41)(H,33,42)(H,36,37)(H,38,39)(H4,27,28,29)/t12-,14-,15-,16-,17-/m0/s1. The Labute approximate surface area is 252 Å². The van der Waals surface area contributed by atoms with E-state index >= 15 is 0 Å². The number of guanidine groups is 1. The molecule has 0 unspecified atom stereocenters. The second kappa shape index (κ2) is 17.9. The molecule has 246 valence electrons. The smallest absolute Gasteiger partial charge is 0.305 e. The van der Waals surface area contributed by atoms with E-state index in [9.17, 15) is 43.5 Å². The molecule has 1 fully saturated rings. The number of hydrogen-bond donors (Lipinski definition) is 10. The van der Waals surface area contributed by atoms with Crippen LogP contribution in [0.15, 0.2) is 0 Å². The fourth-order valence-corrected chi connectivity index (χ4v) is 4.44. The van der Waals surface area contributed by atoms with Crippen LogP contribution in [0, 0.1) is 5.41 Å². The highest BCUT2D eigenvalue weighted by Gasteiger charge is 2.40. The molecule has 0 bridgehead atoms. The van der Waals surface area contributed by atoms with Crippen molar-refractivity contribution in [3.05, 3.63) is 0 Å². The van der Waals surface area contributed by atoms with Gasteiger partial charge in [0, 0.05) is 26.4 Å². The van der Waals surface area contributed by atoms with Gasteiger partial charge in [0.05, 0.1) is 6.42 Å². The predicted molar refractivity (Wildman–Crippen MR) is 151 cm³/mol. The molecular weight excluding hydrogens is 586 g/mol. The van der Waals surface area contributed by atoms with E-state index in [0.717, 1.165) is 11.8 Å². The number of nitrogens with zero attached hydrogens (tertiary/aromatic N) is 1. The zero-order chi connectivity index (χ0) is 33.6. The molecule has 0 aromatic carbocycles. The molecule has 0 spiro atoms. The van der Waals surface area contributed by atoms with Gasteiger partial charge < -0.3 is 53.2 Å². The molecule has 0 radical (unpaired) electrons. The second-order valence-electron chi connectivity index (χ2n) is 10.2. The minimum absolute atomic E-state index is 0.0279. The Morgan fingerprint density at radius 3 is 2.07 bits per heavy atom. The van der Waals surface area contributed by atoms with E-state index in [4.69, 9.17) is 22.0 Å². The molecule has 1 saturated heterocycles. The monoisotopic (exact) mass is 627 g/mol. The number of nitrogens with two attached hydrogens (primary N) is 2. The van der Waals surface area contributed by atoms with Gasteiger partial charge in [-0.15, -0.1) is 0 Å². The van der Waals surface area contributed by atoms with Crippen molar-refractivity contribution >= 4 is 53.3 Å². The molecule has 6 amide bonds. The van der Waals surface area contributed by atoms with E-state index in [1.807, 2.05) is 0 Å². The normalized spacial score (nSPS) is 16.8. The lowest BCUT2D eigenvalue weighted by Gasteiger charge is -2.30. The van der Waals surface area contributed by atoms with Gasteiger partial charge in [0.2, 0.25) is 35.4 Å². The van der Waals surface area contributed by atoms with Gasteiger partial charge in [0.25, 0.3) is 0 Å². The van der Waals surface area contributed by atoms with E-state index in [2.05, 4.69) is 26.6 Å². The number of nitrogens with one attached hydrogen (secondary N) is 6. The number of carboxylic acids is 2. The van der Waals surface area contributed by atoms with Crippen LogP contribution in [0.3, 0.4) is 0 Å². The molecule has 19 heteroatoms. The summed E-state index contributed by atoms with van der Waals surface area (Å²) in [4.78, 5) is 99.2. The molecule has 0 aromatic heterocycles. The Kier molecular flexibility index (Phi) is 15.0. The molecule has 1 aliphatic rings. The van der Waals surface area contributed by atoms with Crippen LogP contribution >= 0.6 is 0 Å². The summed E-state index contributed by atoms with van der Waals surface area (Å²) < 4.78 is 0. The number of carbonyl (C=O) groups is 8. The van der Waals surface area contributed by atoms with Crippen molar-refractivity contribution in [1.82, 2.24) is 31.5 Å². The maximum atomic E-state index is 13.5. The third-order valence-corrected chi connectivity index (χ3v) is 6.57. The molecule has 0 aliphatic carbocycles. The van der Waals surface area contributed by atoms with Crippen LogP contribution in [0.1, 0.15) is 58.8 Å². The van der Waals surface area contributed by atoms with Crippen molar-refractivity contribution in [2.24, 2.45) is 11.5 Å². The van der Waals surface area contributed by atoms with Gasteiger partial charge in [-0.25, -0.2) is 0 Å². The number of aliphatic carboxylic acids is 2. The largest absolute Gasteiger partial charge is 0.481 e. The Balaban J connectivity index is 3.08. The van der Waals surface area contributed by atoms with Crippen LogP contribution in [0.5, 0.6) is 0 Å². The summed E-state index contributed by atoms with van der Waals surface area (Å²) in [5, 5.41) is 37.5. The van der Waals surface area contributed by atoms with Crippen molar-refractivity contribution in [3.8, 4) is 0 Å². The first kappa shape index (κ1) is 37.1. The van der Waals surface area contributed by atoms with Crippen LogP contribution in [0.25, 0.3) is 0 Å². The van der Waals surface area contributed by atoms with Crippen molar-refractivity contribution in [1.29, 1.82) is 5.41 Å². The van der Waals surface area contributed by atoms with Crippen molar-refractivity contribution < 1.29 is 48.6 Å². The van der Waals surface area contributed by atoms with E-state index in [0.29, 0.717) is 12.8 Å². The molecule has 19 nitrogen and oxygen atoms in total. The number of amides is 6. The summed E-state index contributed by atoms with van der Waals surface area (Å²) in [7, 11) is 0. The molecule has 0 saturated carbocycles. The number of carboxylic acid groups (broad SMARTS) is 2. The van der Waals surface area contributed by atoms with Crippen molar-refractivity contribution in [3.63, 3.8) is 0 Å². The van der Waals surface area contributed by atoms with E-state index in [1.165, 1.54) is 6.92 Å². The topological polar surface area (TPSA) is 316 Å². The maximum Gasteiger partial charge on any atom is 0.305 e. The SMILES string of the molecule is CC(=O)N[C@@H](C)C(=O)N[C@@H](CCC(=O)O)C(=O)N[C@@H](CC(=O)O)C(=O)N1CCC[C@H]1C(=O)N[C@@H](CCCNC(=N)N)C(N)=O. The zero-order valence-electron chi connectivity index (χ0n) is 24.5. The summed E-state index contributed by atoms with van der Waals surface area (Å²) in [5.74, 6) is -7.94. The highest BCUT2D eigenvalue weighted by molar-refractivity contribution is 5.97. The highest BCUT2D eigenvalue weighted by atomic mass is 16.4. The van der Waals surface area contributed by atoms with Crippen molar-refractivity contribution in [2.45, 2.75) is 89.0 Å². The fourth-order valence-electron chi connectivity index (χ4n) is 4.44. The van der Waals surface area contributed by atoms with Gasteiger partial charge in [-0.1, -0.05) is 0 Å². The lowest BCUT2D eigenvalue weighted by atomic mass is 10.1. The Bertz CT molecular complexity index is 1130. The Morgan fingerprint density at radius 1 is 0.886 bits per heavy atom. The molecule has 12 N–H and O–H groups in total. The van der Waals surface area contributed by atoms with Gasteiger partial charge in [-0.3, -0.25) is 43.8 Å². The van der Waals surface area contributed by atoms with Gasteiger partial charge >= 0.3 is 11.9 Å². The Hall–Kier alpha value is -4.97. The van der Waals surface area contributed by atoms with E-state index in [1.54, 1.807) is 0 Å². The summed E-state index contributed by atoms with van der Waals surface area (Å²) in [6.07, 6.45) is -0.949. The van der Waals surface area contributed by atoms with Gasteiger partial charge in [-0.05, 0) is 39.0 Å². The summed E-state index contributed by atoms with van der Waals surface area (Å²) >= 11 is 0. The molecule has 5 atom stereocenters. The first-order valence-corrected chi connectivity index (χ1v) is 13.8. The van der Waals surface area contributed by atoms with E-state index < -0.39 is 96.9 Å². The third kappa shape index (κ3) is 12.9. The highest BCUT2D eigenvalue weighted by Crippen LogP contribution is 2.20. The molecule has 0 aromatic rings. The number of carbonyl (C=O) groups excluding carboxylic acids is 6. The second-order valence-corrected chi connectivity index (χ2v) is 10.2. The van der Waals surface area contributed by atoms with Gasteiger partial charge in [-0.2, -0.15) is 0 Å². The fraction of sp³-hybridized carbons (Fsp3) is 0.640. The number of likely N-dealkylation sites (tertiary alicyclic amines) is 1. The molecule has 1 heterocycles. The van der Waals surface area contributed by atoms with Crippen LogP contribution in [0.2, 0.25) is 0 Å². The molecule has 44 heavy (non-hydrogen) atoms. The first-order valence-electron chi connectivity index (χ1n) is 13.8. The maximum absolute atomic E-state index is 13.5. The van der Waals surface area contributed by atoms with Crippen LogP contribution in [-0.2, 0) is 38.4 Å². The quantitative estimate of drug-likeness (QED) is 0.0395. The first-order chi connectivity index (χ1) is 20.5. The van der Waals surface area contributed by atoms with Crippen LogP contribution < -0.4 is 38.1 Å². The zero-order valence-corrected chi connectivity index (χ0v) is 24.5. The minimum atomic E-state index is -1.70. The number of primary amides is 1. The average molecular weight is 628 g/mol. The average Bonchev–Trinajstić information content (AvgIpc) is 3.40. The summed E-state index contributed by atoms with van der Waals surface area (Å²) in [5.41, 5.74) is 10.6. The van der Waals surface area contributed by atoms with Crippen molar-refractivity contribution in [2.75, 3.05) is 13.1 Å². The van der Waals surface area contributed by atoms with Gasteiger partial charge in [0.15, 0.2) is 5.96 Å². The Morgan fingerprint density at radius 2 is 1.52 bits per heavy atom. The van der Waals surface area contributed by atoms with E-state index in [-0.39, 0.29) is 31.9 Å². The molecule has 1 aliphatic heterocycles. The lowest BCUT2D eigenvalue weighted by Crippen LogP contribution is -2.59. The molecule has 1 rings (SSSR count). The van der Waals surface area contributed by atoms with Crippen LogP contribution in [-0.4, -0.2) is 112 Å². The number of rotatable bonds is 18. The molecular formula is C25H41N9O10. The third-order valence-electron chi connectivity index (χ3n) is 6.57. The lowest BCUT2D eigenvalue weighted by molar-refractivity contribution is -0.146. The summed E-state index contributed by atoms with van der Waals surface area (Å²) in [6.45, 7) is 2.75. The number of hydrogen-bond acceptors (Lipinski definition) is 9. The van der Waals surface area contributed by atoms with Crippen LogP contribution in [0.4, 0.5) is 0 Å². The predicted octanol–water partition coefficient (Wildman–Crippen LogP) is -3.96.